The maximum Gasteiger partial charge on any atom is 0.340 e. The number of esters is 1. The summed E-state index contributed by atoms with van der Waals surface area (Å²) in [5, 5.41) is 14.8. The van der Waals surface area contributed by atoms with Crippen molar-refractivity contribution >= 4 is 23.8 Å². The van der Waals surface area contributed by atoms with Gasteiger partial charge in [-0.2, -0.15) is 5.10 Å². The predicted octanol–water partition coefficient (Wildman–Crippen LogP) is 3.87. The van der Waals surface area contributed by atoms with Gasteiger partial charge in [0.1, 0.15) is 0 Å². The van der Waals surface area contributed by atoms with Gasteiger partial charge in [0.15, 0.2) is 0 Å². The predicted molar refractivity (Wildman–Crippen MR) is 124 cm³/mol. The largest absolute Gasteiger partial charge is 0.462 e. The third-order valence-electron chi connectivity index (χ3n) is 5.02. The number of rotatable bonds is 8. The number of non-ortho nitro benzene ring substituents is 1. The second kappa shape index (κ2) is 10.4. The molecule has 0 bridgehead atoms. The normalized spacial score (nSPS) is 10.9. The molecule has 0 aliphatic carbocycles. The number of hydrazone groups is 1. The molecule has 9 heteroatoms. The van der Waals surface area contributed by atoms with E-state index in [0.717, 1.165) is 17.0 Å². The molecule has 0 fully saturated rings. The first kappa shape index (κ1) is 23.4. The minimum atomic E-state index is -0.490. The molecule has 0 saturated heterocycles. The molecule has 0 saturated carbocycles. The summed E-state index contributed by atoms with van der Waals surface area (Å²) >= 11 is 0. The van der Waals surface area contributed by atoms with Gasteiger partial charge in [-0.25, -0.2) is 10.2 Å². The Balaban J connectivity index is 1.73. The van der Waals surface area contributed by atoms with Crippen LogP contribution < -0.4 is 5.43 Å². The quantitative estimate of drug-likeness (QED) is 0.243. The molecule has 33 heavy (non-hydrogen) atoms. The molecule has 3 rings (SSSR count). The summed E-state index contributed by atoms with van der Waals surface area (Å²) in [6.45, 7) is 5.86. The first-order valence-electron chi connectivity index (χ1n) is 10.3. The average Bonchev–Trinajstić information content (AvgIpc) is 3.07. The molecule has 2 aromatic carbocycles. The fraction of sp³-hybridized carbons (Fsp3) is 0.208. The average molecular weight is 448 g/mol. The van der Waals surface area contributed by atoms with Crippen LogP contribution in [0, 0.1) is 24.0 Å². The molecule has 3 aromatic rings. The van der Waals surface area contributed by atoms with E-state index in [1.54, 1.807) is 25.3 Å². The summed E-state index contributed by atoms with van der Waals surface area (Å²) < 4.78 is 7.11. The van der Waals surface area contributed by atoms with Gasteiger partial charge in [0.05, 0.1) is 35.4 Å². The van der Waals surface area contributed by atoms with Gasteiger partial charge in [0.25, 0.3) is 5.69 Å². The van der Waals surface area contributed by atoms with Crippen molar-refractivity contribution in [2.75, 3.05) is 6.61 Å². The van der Waals surface area contributed by atoms with Crippen molar-refractivity contribution in [1.29, 1.82) is 0 Å². The molecule has 0 aliphatic rings. The molecule has 170 valence electrons. The second-order valence-corrected chi connectivity index (χ2v) is 7.29. The van der Waals surface area contributed by atoms with Crippen molar-refractivity contribution < 1.29 is 19.2 Å². The lowest BCUT2D eigenvalue weighted by Crippen LogP contribution is -2.19. The van der Waals surface area contributed by atoms with E-state index in [9.17, 15) is 19.7 Å². The Morgan fingerprint density at radius 2 is 1.85 bits per heavy atom. The Morgan fingerprint density at radius 1 is 1.15 bits per heavy atom. The number of aromatic nitrogens is 1. The minimum absolute atomic E-state index is 0.0305. The second-order valence-electron chi connectivity index (χ2n) is 7.29. The lowest BCUT2D eigenvalue weighted by Gasteiger charge is -2.14. The van der Waals surface area contributed by atoms with E-state index in [2.05, 4.69) is 10.5 Å². The molecule has 1 heterocycles. The Bertz CT molecular complexity index is 1210. The van der Waals surface area contributed by atoms with Crippen molar-refractivity contribution in [3.05, 3.63) is 92.8 Å². The zero-order valence-electron chi connectivity index (χ0n) is 18.6. The van der Waals surface area contributed by atoms with Gasteiger partial charge < -0.3 is 9.30 Å². The maximum atomic E-state index is 12.4. The number of ether oxygens (including phenoxy) is 1. The van der Waals surface area contributed by atoms with E-state index in [4.69, 9.17) is 4.74 Å². The highest BCUT2D eigenvalue weighted by molar-refractivity contribution is 5.94. The molecule has 0 radical (unpaired) electrons. The number of carbonyl (C=O) groups is 2. The monoisotopic (exact) mass is 448 g/mol. The third kappa shape index (κ3) is 5.51. The molecule has 0 unspecified atom stereocenters. The summed E-state index contributed by atoms with van der Waals surface area (Å²) in [7, 11) is 0. The fourth-order valence-electron chi connectivity index (χ4n) is 3.47. The van der Waals surface area contributed by atoms with E-state index in [0.29, 0.717) is 16.8 Å². The molecule has 1 aromatic heterocycles. The third-order valence-corrected chi connectivity index (χ3v) is 5.02. The molecular formula is C24H24N4O5. The van der Waals surface area contributed by atoms with Crippen LogP contribution in [0.4, 0.5) is 5.69 Å². The van der Waals surface area contributed by atoms with Crippen LogP contribution >= 0.6 is 0 Å². The van der Waals surface area contributed by atoms with Crippen LogP contribution in [0.5, 0.6) is 0 Å². The summed E-state index contributed by atoms with van der Waals surface area (Å²) in [6.07, 6.45) is 1.58. The fourth-order valence-corrected chi connectivity index (χ4v) is 3.47. The van der Waals surface area contributed by atoms with E-state index < -0.39 is 10.9 Å². The van der Waals surface area contributed by atoms with Crippen molar-refractivity contribution in [3.63, 3.8) is 0 Å². The van der Waals surface area contributed by atoms with Crippen LogP contribution in [-0.2, 0) is 16.0 Å². The van der Waals surface area contributed by atoms with Crippen molar-refractivity contribution in [1.82, 2.24) is 9.99 Å². The number of aryl methyl sites for hydroxylation is 1. The van der Waals surface area contributed by atoms with E-state index in [-0.39, 0.29) is 24.6 Å². The molecule has 9 nitrogen and oxygen atoms in total. The van der Waals surface area contributed by atoms with E-state index in [1.165, 1.54) is 24.3 Å². The van der Waals surface area contributed by atoms with E-state index in [1.807, 2.05) is 36.6 Å². The zero-order chi connectivity index (χ0) is 24.0. The maximum absolute atomic E-state index is 12.4. The lowest BCUT2D eigenvalue weighted by molar-refractivity contribution is -0.384. The van der Waals surface area contributed by atoms with Crippen molar-refractivity contribution in [3.8, 4) is 5.69 Å². The van der Waals surface area contributed by atoms with Crippen LogP contribution in [0.25, 0.3) is 5.69 Å². The lowest BCUT2D eigenvalue weighted by atomic mass is 10.1. The van der Waals surface area contributed by atoms with Crippen LogP contribution in [0.2, 0.25) is 0 Å². The number of para-hydroxylation sites is 1. The zero-order valence-corrected chi connectivity index (χ0v) is 18.6. The highest BCUT2D eigenvalue weighted by atomic mass is 16.6. The summed E-state index contributed by atoms with van der Waals surface area (Å²) in [5.74, 6) is -0.740. The standard InChI is InChI=1S/C24H24N4O5/c1-4-33-24(30)21-7-5-6-8-22(21)27-16(2)13-19(17(27)3)15-25-26-23(29)14-18-9-11-20(12-10-18)28(31)32/h5-13,15H,4,14H2,1-3H3,(H,26,29)/b25-15-. The Kier molecular flexibility index (Phi) is 7.34. The SMILES string of the molecule is CCOC(=O)c1ccccc1-n1c(C)cc(/C=N\NC(=O)Cc2ccc([N+](=O)[O-])cc2)c1C. The van der Waals surface area contributed by atoms with E-state index >= 15 is 0 Å². The van der Waals surface area contributed by atoms with Gasteiger partial charge in [-0.1, -0.05) is 24.3 Å². The Morgan fingerprint density at radius 3 is 2.52 bits per heavy atom. The number of hydrogen-bond donors (Lipinski definition) is 1. The Labute approximate surface area is 190 Å². The molecule has 1 amide bonds. The number of hydrogen-bond acceptors (Lipinski definition) is 6. The van der Waals surface area contributed by atoms with Gasteiger partial charge in [-0.05, 0) is 44.5 Å². The number of amides is 1. The molecular weight excluding hydrogens is 424 g/mol. The summed E-state index contributed by atoms with van der Waals surface area (Å²) in [5.41, 5.74) is 6.76. The van der Waals surface area contributed by atoms with Crippen LogP contribution in [0.15, 0.2) is 59.7 Å². The number of nitrogens with zero attached hydrogens (tertiary/aromatic N) is 3. The van der Waals surface area contributed by atoms with Crippen LogP contribution in [-0.4, -0.2) is 34.2 Å². The number of benzene rings is 2. The Hall–Kier alpha value is -4.27. The van der Waals surface area contributed by atoms with Gasteiger partial charge in [-0.15, -0.1) is 0 Å². The molecule has 0 spiro atoms. The number of carbonyl (C=O) groups excluding carboxylic acids is 2. The summed E-state index contributed by atoms with van der Waals surface area (Å²) in [6, 6.07) is 14.9. The molecule has 1 N–H and O–H groups in total. The van der Waals surface area contributed by atoms with Gasteiger partial charge in [-0.3, -0.25) is 14.9 Å². The van der Waals surface area contributed by atoms with Crippen LogP contribution in [0.1, 0.15) is 39.8 Å². The summed E-state index contributed by atoms with van der Waals surface area (Å²) in [4.78, 5) is 34.8. The van der Waals surface area contributed by atoms with Crippen molar-refractivity contribution in [2.24, 2.45) is 5.10 Å². The smallest absolute Gasteiger partial charge is 0.340 e. The van der Waals surface area contributed by atoms with Crippen molar-refractivity contribution in [2.45, 2.75) is 27.2 Å². The van der Waals surface area contributed by atoms with Gasteiger partial charge >= 0.3 is 5.97 Å². The van der Waals surface area contributed by atoms with Gasteiger partial charge in [0.2, 0.25) is 5.91 Å². The number of nitro benzene ring substituents is 1. The molecule has 0 atom stereocenters. The van der Waals surface area contributed by atoms with Crippen LogP contribution in [0.3, 0.4) is 0 Å². The molecule has 0 aliphatic heterocycles. The number of nitrogens with one attached hydrogen (secondary N) is 1. The minimum Gasteiger partial charge on any atom is -0.462 e. The highest BCUT2D eigenvalue weighted by Crippen LogP contribution is 2.23. The topological polar surface area (TPSA) is 116 Å². The first-order valence-corrected chi connectivity index (χ1v) is 10.3. The van der Waals surface area contributed by atoms with Gasteiger partial charge in [0, 0.05) is 29.1 Å². The highest BCUT2D eigenvalue weighted by Gasteiger charge is 2.17. The number of nitro groups is 1. The first-order chi connectivity index (χ1) is 15.8.